The standard InChI is InChI=1S/C11H18Cl2N2/c1-7(2)9(6-12)5-10-8(3)14-15(4)11(10)13/h7,9H,5-6H2,1-4H3. The molecule has 0 saturated heterocycles. The van der Waals surface area contributed by atoms with Gasteiger partial charge in [0.25, 0.3) is 0 Å². The Balaban J connectivity index is 2.88. The van der Waals surface area contributed by atoms with Crippen molar-refractivity contribution in [2.45, 2.75) is 27.2 Å². The SMILES string of the molecule is Cc1nn(C)c(Cl)c1CC(CCl)C(C)C. The van der Waals surface area contributed by atoms with Gasteiger partial charge in [-0.1, -0.05) is 25.4 Å². The maximum absolute atomic E-state index is 6.18. The lowest BCUT2D eigenvalue weighted by molar-refractivity contribution is 0.422. The van der Waals surface area contributed by atoms with E-state index in [4.69, 9.17) is 23.2 Å². The van der Waals surface area contributed by atoms with Crippen LogP contribution in [0.2, 0.25) is 5.15 Å². The lowest BCUT2D eigenvalue weighted by Crippen LogP contribution is -2.14. The van der Waals surface area contributed by atoms with Crippen molar-refractivity contribution in [1.29, 1.82) is 0 Å². The summed E-state index contributed by atoms with van der Waals surface area (Å²) in [6.07, 6.45) is 0.916. The van der Waals surface area contributed by atoms with Crippen molar-refractivity contribution in [3.63, 3.8) is 0 Å². The minimum Gasteiger partial charge on any atom is -0.257 e. The molecule has 2 nitrogen and oxygen atoms in total. The van der Waals surface area contributed by atoms with Gasteiger partial charge in [0, 0.05) is 18.5 Å². The molecule has 0 bridgehead atoms. The van der Waals surface area contributed by atoms with Crippen LogP contribution in [-0.4, -0.2) is 15.7 Å². The third-order valence-electron chi connectivity index (χ3n) is 2.88. The van der Waals surface area contributed by atoms with Crippen LogP contribution >= 0.6 is 23.2 Å². The minimum atomic E-state index is 0.465. The van der Waals surface area contributed by atoms with Gasteiger partial charge in [-0.3, -0.25) is 4.68 Å². The first-order valence-electron chi connectivity index (χ1n) is 5.21. The van der Waals surface area contributed by atoms with Crippen molar-refractivity contribution in [3.05, 3.63) is 16.4 Å². The summed E-state index contributed by atoms with van der Waals surface area (Å²) in [5, 5.41) is 5.04. The average molecular weight is 249 g/mol. The van der Waals surface area contributed by atoms with Crippen molar-refractivity contribution < 1.29 is 0 Å². The maximum atomic E-state index is 6.18. The third-order valence-corrected chi connectivity index (χ3v) is 3.75. The van der Waals surface area contributed by atoms with Crippen LogP contribution in [0.4, 0.5) is 0 Å². The lowest BCUT2D eigenvalue weighted by atomic mass is 9.91. The zero-order valence-electron chi connectivity index (χ0n) is 9.72. The van der Waals surface area contributed by atoms with Gasteiger partial charge in [0.05, 0.1) is 5.69 Å². The topological polar surface area (TPSA) is 17.8 Å². The van der Waals surface area contributed by atoms with Crippen LogP contribution in [0.25, 0.3) is 0 Å². The highest BCUT2D eigenvalue weighted by Crippen LogP contribution is 2.25. The molecule has 1 rings (SSSR count). The number of aromatic nitrogens is 2. The normalized spacial score (nSPS) is 13.5. The van der Waals surface area contributed by atoms with Crippen LogP contribution in [0.1, 0.15) is 25.1 Å². The molecule has 0 amide bonds. The first-order valence-corrected chi connectivity index (χ1v) is 6.12. The van der Waals surface area contributed by atoms with E-state index in [1.165, 1.54) is 0 Å². The summed E-state index contributed by atoms with van der Waals surface area (Å²) >= 11 is 12.1. The van der Waals surface area contributed by atoms with Crippen molar-refractivity contribution in [2.24, 2.45) is 18.9 Å². The molecule has 0 radical (unpaired) electrons. The zero-order valence-corrected chi connectivity index (χ0v) is 11.2. The molecule has 0 spiro atoms. The molecule has 0 fully saturated rings. The van der Waals surface area contributed by atoms with Gasteiger partial charge >= 0.3 is 0 Å². The molecule has 86 valence electrons. The molecule has 15 heavy (non-hydrogen) atoms. The number of nitrogens with zero attached hydrogens (tertiary/aromatic N) is 2. The monoisotopic (exact) mass is 248 g/mol. The van der Waals surface area contributed by atoms with Crippen LogP contribution in [0.5, 0.6) is 0 Å². The number of hydrogen-bond acceptors (Lipinski definition) is 1. The fourth-order valence-corrected chi connectivity index (χ4v) is 2.35. The van der Waals surface area contributed by atoms with Gasteiger partial charge in [0.1, 0.15) is 5.15 Å². The molecule has 1 heterocycles. The fourth-order valence-electron chi connectivity index (χ4n) is 1.64. The molecule has 0 aliphatic carbocycles. The smallest absolute Gasteiger partial charge is 0.130 e. The number of hydrogen-bond donors (Lipinski definition) is 0. The van der Waals surface area contributed by atoms with E-state index >= 15 is 0 Å². The highest BCUT2D eigenvalue weighted by molar-refractivity contribution is 6.30. The van der Waals surface area contributed by atoms with Gasteiger partial charge in [-0.05, 0) is 25.2 Å². The number of alkyl halides is 1. The summed E-state index contributed by atoms with van der Waals surface area (Å²) in [4.78, 5) is 0. The van der Waals surface area contributed by atoms with E-state index in [-0.39, 0.29) is 0 Å². The largest absolute Gasteiger partial charge is 0.257 e. The number of halogens is 2. The summed E-state index contributed by atoms with van der Waals surface area (Å²) in [5.74, 6) is 1.70. The van der Waals surface area contributed by atoms with Gasteiger partial charge < -0.3 is 0 Å². The van der Waals surface area contributed by atoms with E-state index < -0.39 is 0 Å². The van der Waals surface area contributed by atoms with E-state index in [0.717, 1.165) is 22.8 Å². The highest BCUT2D eigenvalue weighted by Gasteiger charge is 2.18. The van der Waals surface area contributed by atoms with Gasteiger partial charge in [-0.15, -0.1) is 11.6 Å². The van der Waals surface area contributed by atoms with Gasteiger partial charge in [0.15, 0.2) is 0 Å². The molecule has 0 aromatic carbocycles. The summed E-state index contributed by atoms with van der Waals surface area (Å²) in [7, 11) is 1.86. The van der Waals surface area contributed by atoms with E-state index in [1.807, 2.05) is 14.0 Å². The van der Waals surface area contributed by atoms with Gasteiger partial charge in [0.2, 0.25) is 0 Å². The quantitative estimate of drug-likeness (QED) is 0.747. The van der Waals surface area contributed by atoms with Crippen LogP contribution < -0.4 is 0 Å². The summed E-state index contributed by atoms with van der Waals surface area (Å²) in [6, 6.07) is 0. The summed E-state index contributed by atoms with van der Waals surface area (Å²) < 4.78 is 1.72. The Morgan fingerprint density at radius 2 is 2.00 bits per heavy atom. The Morgan fingerprint density at radius 1 is 1.40 bits per heavy atom. The first-order chi connectivity index (χ1) is 6.97. The second kappa shape index (κ2) is 5.22. The van der Waals surface area contributed by atoms with Crippen LogP contribution in [0, 0.1) is 18.8 Å². The van der Waals surface area contributed by atoms with Crippen LogP contribution in [-0.2, 0) is 13.5 Å². The summed E-state index contributed by atoms with van der Waals surface area (Å²) in [5.41, 5.74) is 2.15. The van der Waals surface area contributed by atoms with E-state index in [0.29, 0.717) is 17.7 Å². The van der Waals surface area contributed by atoms with E-state index in [2.05, 4.69) is 18.9 Å². The predicted molar refractivity (Wildman–Crippen MR) is 65.7 cm³/mol. The predicted octanol–water partition coefficient (Wildman–Crippen LogP) is 3.44. The van der Waals surface area contributed by atoms with Crippen molar-refractivity contribution in [2.75, 3.05) is 5.88 Å². The minimum absolute atomic E-state index is 0.465. The molecule has 0 aliphatic rings. The molecule has 1 atom stereocenters. The van der Waals surface area contributed by atoms with Crippen LogP contribution in [0.3, 0.4) is 0 Å². The number of aryl methyl sites for hydroxylation is 2. The molecular weight excluding hydrogens is 231 g/mol. The van der Waals surface area contributed by atoms with Crippen molar-refractivity contribution in [3.8, 4) is 0 Å². The molecule has 4 heteroatoms. The second-order valence-corrected chi connectivity index (χ2v) is 5.01. The zero-order chi connectivity index (χ0) is 11.6. The molecule has 1 unspecified atom stereocenters. The Hall–Kier alpha value is -0.210. The molecule has 0 aliphatic heterocycles. The fraction of sp³-hybridized carbons (Fsp3) is 0.727. The lowest BCUT2D eigenvalue weighted by Gasteiger charge is -2.17. The number of rotatable bonds is 4. The molecule has 1 aromatic rings. The molecule has 0 N–H and O–H groups in total. The van der Waals surface area contributed by atoms with Crippen molar-refractivity contribution in [1.82, 2.24) is 9.78 Å². The van der Waals surface area contributed by atoms with E-state index in [9.17, 15) is 0 Å². The Morgan fingerprint density at radius 3 is 2.33 bits per heavy atom. The Bertz CT molecular complexity index is 332. The third kappa shape index (κ3) is 2.88. The Kier molecular flexibility index (Phi) is 4.47. The average Bonchev–Trinajstić information content (AvgIpc) is 2.39. The van der Waals surface area contributed by atoms with Crippen molar-refractivity contribution >= 4 is 23.2 Å². The highest BCUT2D eigenvalue weighted by atomic mass is 35.5. The molecular formula is C11H18Cl2N2. The molecule has 0 saturated carbocycles. The second-order valence-electron chi connectivity index (χ2n) is 4.34. The van der Waals surface area contributed by atoms with Crippen LogP contribution in [0.15, 0.2) is 0 Å². The summed E-state index contributed by atoms with van der Waals surface area (Å²) in [6.45, 7) is 6.37. The first kappa shape index (κ1) is 12.9. The maximum Gasteiger partial charge on any atom is 0.130 e. The van der Waals surface area contributed by atoms with E-state index in [1.54, 1.807) is 4.68 Å². The van der Waals surface area contributed by atoms with Gasteiger partial charge in [-0.25, -0.2) is 0 Å². The molecule has 1 aromatic heterocycles. The Labute approximate surface area is 102 Å². The van der Waals surface area contributed by atoms with Gasteiger partial charge in [-0.2, -0.15) is 5.10 Å².